The fourth-order valence-corrected chi connectivity index (χ4v) is 2.07. The van der Waals surface area contributed by atoms with Crippen molar-refractivity contribution in [3.8, 4) is 11.8 Å². The first-order chi connectivity index (χ1) is 8.69. The van der Waals surface area contributed by atoms with Crippen molar-refractivity contribution >= 4 is 17.2 Å². The molecule has 0 saturated carbocycles. The molecule has 0 saturated heterocycles. The van der Waals surface area contributed by atoms with Crippen molar-refractivity contribution in [2.45, 2.75) is 6.92 Å². The van der Waals surface area contributed by atoms with Crippen LogP contribution in [0.4, 0.5) is 0 Å². The third-order valence-electron chi connectivity index (χ3n) is 2.28. The molecular weight excluding hydrogens is 248 g/mol. The summed E-state index contributed by atoms with van der Waals surface area (Å²) in [6, 6.07) is 1.80. The average molecular weight is 266 g/mol. The van der Waals surface area contributed by atoms with Gasteiger partial charge in [0.25, 0.3) is 5.91 Å². The number of hydrogen-bond donors (Lipinski definition) is 1. The lowest BCUT2D eigenvalue weighted by atomic mass is 10.2. The van der Waals surface area contributed by atoms with Crippen molar-refractivity contribution in [1.82, 2.24) is 4.90 Å². The molecule has 0 aromatic carbocycles. The van der Waals surface area contributed by atoms with Crippen LogP contribution in [0.3, 0.4) is 0 Å². The maximum atomic E-state index is 12.0. The number of nitrogens with zero attached hydrogens (tertiary/aromatic N) is 1. The highest BCUT2D eigenvalue weighted by atomic mass is 32.1. The van der Waals surface area contributed by atoms with E-state index in [1.54, 1.807) is 18.0 Å². The van der Waals surface area contributed by atoms with E-state index in [1.807, 2.05) is 12.3 Å². The van der Waals surface area contributed by atoms with E-state index in [1.165, 1.54) is 11.3 Å². The van der Waals surface area contributed by atoms with E-state index in [9.17, 15) is 4.79 Å². The topological polar surface area (TPSA) is 55.6 Å². The lowest BCUT2D eigenvalue weighted by Crippen LogP contribution is -2.29. The van der Waals surface area contributed by atoms with Crippen LogP contribution < -0.4 is 5.73 Å². The first-order valence-electron chi connectivity index (χ1n) is 5.79. The van der Waals surface area contributed by atoms with E-state index < -0.39 is 0 Å². The molecule has 0 fully saturated rings. The molecule has 0 bridgehead atoms. The predicted octanol–water partition coefficient (Wildman–Crippen LogP) is 1.17. The van der Waals surface area contributed by atoms with Crippen LogP contribution in [-0.2, 0) is 4.74 Å². The number of thiophene rings is 1. The number of amides is 1. The molecule has 2 N–H and O–H groups in total. The lowest BCUT2D eigenvalue weighted by Gasteiger charge is -2.15. The fraction of sp³-hybridized carbons (Fsp3) is 0.462. The summed E-state index contributed by atoms with van der Waals surface area (Å²) in [6.07, 6.45) is 0. The van der Waals surface area contributed by atoms with Crippen LogP contribution in [0.1, 0.15) is 22.2 Å². The van der Waals surface area contributed by atoms with Gasteiger partial charge in [-0.1, -0.05) is 11.8 Å². The van der Waals surface area contributed by atoms with Gasteiger partial charge in [0.15, 0.2) is 0 Å². The molecule has 18 heavy (non-hydrogen) atoms. The van der Waals surface area contributed by atoms with Crippen molar-refractivity contribution in [3.05, 3.63) is 21.9 Å². The number of carbonyl (C=O) groups excluding carboxylic acids is 1. The number of carbonyl (C=O) groups is 1. The summed E-state index contributed by atoms with van der Waals surface area (Å²) < 4.78 is 5.22. The molecule has 0 aliphatic carbocycles. The highest BCUT2D eigenvalue weighted by molar-refractivity contribution is 7.10. The molecule has 0 aliphatic heterocycles. The zero-order valence-electron chi connectivity index (χ0n) is 10.7. The van der Waals surface area contributed by atoms with Gasteiger partial charge in [-0.3, -0.25) is 4.79 Å². The summed E-state index contributed by atoms with van der Waals surface area (Å²) in [6.45, 7) is 4.08. The van der Waals surface area contributed by atoms with Crippen molar-refractivity contribution in [1.29, 1.82) is 0 Å². The molecule has 0 spiro atoms. The number of rotatable bonds is 5. The average Bonchev–Trinajstić information content (AvgIpc) is 2.84. The third kappa shape index (κ3) is 4.49. The van der Waals surface area contributed by atoms with Gasteiger partial charge in [-0.25, -0.2) is 0 Å². The molecule has 1 heterocycles. The Hall–Kier alpha value is -1.35. The van der Waals surface area contributed by atoms with Crippen LogP contribution in [0.5, 0.6) is 0 Å². The molecule has 1 aromatic rings. The van der Waals surface area contributed by atoms with Crippen LogP contribution >= 0.6 is 11.3 Å². The lowest BCUT2D eigenvalue weighted by molar-refractivity contribution is 0.0710. The van der Waals surface area contributed by atoms with Gasteiger partial charge in [0.05, 0.1) is 23.6 Å². The van der Waals surface area contributed by atoms with Gasteiger partial charge in [-0.15, -0.1) is 11.3 Å². The van der Waals surface area contributed by atoms with Crippen LogP contribution in [0, 0.1) is 11.8 Å². The second-order valence-corrected chi connectivity index (χ2v) is 4.54. The van der Waals surface area contributed by atoms with Gasteiger partial charge in [-0.2, -0.15) is 0 Å². The van der Waals surface area contributed by atoms with Crippen molar-refractivity contribution in [2.24, 2.45) is 5.73 Å². The van der Waals surface area contributed by atoms with Gasteiger partial charge in [0.2, 0.25) is 0 Å². The van der Waals surface area contributed by atoms with Gasteiger partial charge in [-0.05, 0) is 13.0 Å². The quantitative estimate of drug-likeness (QED) is 0.643. The monoisotopic (exact) mass is 266 g/mol. The van der Waals surface area contributed by atoms with Gasteiger partial charge < -0.3 is 15.4 Å². The zero-order valence-corrected chi connectivity index (χ0v) is 11.5. The molecular formula is C13H18N2O2S. The number of hydrogen-bond acceptors (Lipinski definition) is 4. The Morgan fingerprint density at radius 1 is 1.61 bits per heavy atom. The van der Waals surface area contributed by atoms with Crippen LogP contribution in [0.15, 0.2) is 11.4 Å². The Morgan fingerprint density at radius 2 is 2.39 bits per heavy atom. The second-order valence-electron chi connectivity index (χ2n) is 3.63. The van der Waals surface area contributed by atoms with Crippen molar-refractivity contribution in [3.63, 3.8) is 0 Å². The smallest absolute Gasteiger partial charge is 0.254 e. The van der Waals surface area contributed by atoms with E-state index in [0.29, 0.717) is 31.9 Å². The minimum absolute atomic E-state index is 0.00764. The number of ether oxygens (including phenoxy) is 1. The van der Waals surface area contributed by atoms with E-state index in [0.717, 1.165) is 4.88 Å². The van der Waals surface area contributed by atoms with Crippen LogP contribution in [0.25, 0.3) is 0 Å². The predicted molar refractivity (Wildman–Crippen MR) is 73.7 cm³/mol. The van der Waals surface area contributed by atoms with Crippen LogP contribution in [-0.4, -0.2) is 44.2 Å². The molecule has 98 valence electrons. The zero-order chi connectivity index (χ0) is 13.4. The first kappa shape index (κ1) is 14.7. The van der Waals surface area contributed by atoms with Crippen LogP contribution in [0.2, 0.25) is 0 Å². The standard InChI is InChI=1S/C13H18N2O2S/c1-3-17-8-7-15(2)13(16)11-9-12(18-10-11)5-4-6-14/h9-10H,3,6-8,14H2,1-2H3. The highest BCUT2D eigenvalue weighted by Crippen LogP contribution is 2.15. The molecule has 4 nitrogen and oxygen atoms in total. The molecule has 1 aromatic heterocycles. The molecule has 5 heteroatoms. The van der Waals surface area contributed by atoms with Gasteiger partial charge >= 0.3 is 0 Å². The molecule has 0 atom stereocenters. The minimum Gasteiger partial charge on any atom is -0.380 e. The van der Waals surface area contributed by atoms with Gasteiger partial charge in [0, 0.05) is 25.6 Å². The summed E-state index contributed by atoms with van der Waals surface area (Å²) in [5.41, 5.74) is 5.97. The Bertz CT molecular complexity index is 445. The highest BCUT2D eigenvalue weighted by Gasteiger charge is 2.12. The van der Waals surface area contributed by atoms with E-state index >= 15 is 0 Å². The Morgan fingerprint density at radius 3 is 3.06 bits per heavy atom. The third-order valence-corrected chi connectivity index (χ3v) is 3.13. The summed E-state index contributed by atoms with van der Waals surface area (Å²) in [5.74, 6) is 5.68. The largest absolute Gasteiger partial charge is 0.380 e. The SMILES string of the molecule is CCOCCN(C)C(=O)c1csc(C#CCN)c1. The van der Waals surface area contributed by atoms with Crippen molar-refractivity contribution < 1.29 is 9.53 Å². The minimum atomic E-state index is -0.00764. The summed E-state index contributed by atoms with van der Waals surface area (Å²) in [5, 5.41) is 1.82. The number of nitrogens with two attached hydrogens (primary N) is 1. The molecule has 1 rings (SSSR count). The Balaban J connectivity index is 2.57. The van der Waals surface area contributed by atoms with Crippen molar-refractivity contribution in [2.75, 3.05) is 33.4 Å². The summed E-state index contributed by atoms with van der Waals surface area (Å²) >= 11 is 1.46. The normalized spacial score (nSPS) is 9.72. The Labute approximate surface area is 112 Å². The Kier molecular flexibility index (Phi) is 6.44. The fourth-order valence-electron chi connectivity index (χ4n) is 1.32. The molecule has 1 amide bonds. The summed E-state index contributed by atoms with van der Waals surface area (Å²) in [4.78, 5) is 14.5. The maximum Gasteiger partial charge on any atom is 0.254 e. The first-order valence-corrected chi connectivity index (χ1v) is 6.67. The van der Waals surface area contributed by atoms with E-state index in [2.05, 4.69) is 11.8 Å². The molecule has 0 radical (unpaired) electrons. The van der Waals surface area contributed by atoms with Gasteiger partial charge in [0.1, 0.15) is 0 Å². The summed E-state index contributed by atoms with van der Waals surface area (Å²) in [7, 11) is 1.77. The maximum absolute atomic E-state index is 12.0. The number of likely N-dealkylation sites (N-methyl/N-ethyl adjacent to an activating group) is 1. The molecule has 0 aliphatic rings. The van der Waals surface area contributed by atoms with E-state index in [-0.39, 0.29) is 5.91 Å². The molecule has 0 unspecified atom stereocenters. The van der Waals surface area contributed by atoms with E-state index in [4.69, 9.17) is 10.5 Å². The second kappa shape index (κ2) is 7.88.